The predicted octanol–water partition coefficient (Wildman–Crippen LogP) is 5.24. The molecule has 1 N–H and O–H groups in total. The van der Waals surface area contributed by atoms with Gasteiger partial charge in [-0.15, -0.1) is 11.8 Å². The lowest BCUT2D eigenvalue weighted by atomic mass is 10.1. The second-order valence-corrected chi connectivity index (χ2v) is 7.36. The topological polar surface area (TPSA) is 68.0 Å². The van der Waals surface area contributed by atoms with Crippen LogP contribution in [0.15, 0.2) is 47.0 Å². The summed E-state index contributed by atoms with van der Waals surface area (Å²) in [6.07, 6.45) is -4.44. The van der Waals surface area contributed by atoms with Crippen molar-refractivity contribution in [2.75, 3.05) is 11.1 Å². The summed E-state index contributed by atoms with van der Waals surface area (Å²) in [5, 5.41) is 6.58. The number of thioether (sulfide) groups is 1. The minimum absolute atomic E-state index is 0.0755. The molecule has 2 aromatic carbocycles. The van der Waals surface area contributed by atoms with Crippen LogP contribution in [0.5, 0.6) is 0 Å². The zero-order valence-electron chi connectivity index (χ0n) is 15.7. The van der Waals surface area contributed by atoms with E-state index in [2.05, 4.69) is 15.5 Å². The highest BCUT2D eigenvalue weighted by Gasteiger charge is 2.30. The standard InChI is InChI=1S/C20H18F3N3O2S/c1-12-5-3-8-16(13(12)2)24-17(27)10-29-11-18-25-19(26-28-18)14-6-4-7-15(9-14)20(21,22)23/h3-9H,10-11H2,1-2H3,(H,24,27). The molecule has 0 aliphatic heterocycles. The van der Waals surface area contributed by atoms with E-state index in [-0.39, 0.29) is 34.7 Å². The van der Waals surface area contributed by atoms with Crippen molar-refractivity contribution in [1.82, 2.24) is 10.1 Å². The number of hydrogen-bond donors (Lipinski definition) is 1. The number of carbonyl (C=O) groups excluding carboxylic acids is 1. The molecular formula is C20H18F3N3O2S. The average Bonchev–Trinajstić information content (AvgIpc) is 3.14. The second-order valence-electron chi connectivity index (χ2n) is 6.38. The van der Waals surface area contributed by atoms with Crippen LogP contribution in [0.3, 0.4) is 0 Å². The number of benzene rings is 2. The molecule has 0 saturated carbocycles. The summed E-state index contributed by atoms with van der Waals surface area (Å²) in [4.78, 5) is 16.2. The number of aryl methyl sites for hydroxylation is 1. The van der Waals surface area contributed by atoms with Crippen molar-refractivity contribution in [2.24, 2.45) is 0 Å². The number of alkyl halides is 3. The molecule has 0 bridgehead atoms. The molecule has 3 rings (SSSR count). The minimum atomic E-state index is -4.44. The summed E-state index contributed by atoms with van der Waals surface area (Å²) in [5.74, 6) is 0.593. The molecule has 152 valence electrons. The van der Waals surface area contributed by atoms with Crippen molar-refractivity contribution in [2.45, 2.75) is 25.8 Å². The quantitative estimate of drug-likeness (QED) is 0.589. The Morgan fingerprint density at radius 1 is 1.17 bits per heavy atom. The molecule has 0 atom stereocenters. The van der Waals surface area contributed by atoms with E-state index in [4.69, 9.17) is 4.52 Å². The molecule has 0 fully saturated rings. The zero-order valence-corrected chi connectivity index (χ0v) is 16.5. The number of nitrogens with one attached hydrogen (secondary N) is 1. The van der Waals surface area contributed by atoms with Gasteiger partial charge >= 0.3 is 6.18 Å². The Labute approximate surface area is 169 Å². The average molecular weight is 421 g/mol. The number of amides is 1. The van der Waals surface area contributed by atoms with Gasteiger partial charge in [0.1, 0.15) is 0 Å². The van der Waals surface area contributed by atoms with Crippen molar-refractivity contribution < 1.29 is 22.5 Å². The zero-order chi connectivity index (χ0) is 21.0. The number of nitrogens with zero attached hydrogens (tertiary/aromatic N) is 2. The molecule has 1 heterocycles. The molecule has 0 radical (unpaired) electrons. The van der Waals surface area contributed by atoms with Gasteiger partial charge < -0.3 is 9.84 Å². The van der Waals surface area contributed by atoms with Gasteiger partial charge in [0, 0.05) is 11.3 Å². The first-order valence-electron chi connectivity index (χ1n) is 8.68. The summed E-state index contributed by atoms with van der Waals surface area (Å²) in [6, 6.07) is 10.4. The highest BCUT2D eigenvalue weighted by Crippen LogP contribution is 2.31. The third kappa shape index (κ3) is 5.38. The molecular weight excluding hydrogens is 403 g/mol. The second kappa shape index (κ2) is 8.69. The van der Waals surface area contributed by atoms with E-state index < -0.39 is 11.7 Å². The number of anilines is 1. The van der Waals surface area contributed by atoms with Gasteiger partial charge in [0.05, 0.1) is 17.1 Å². The lowest BCUT2D eigenvalue weighted by molar-refractivity contribution is -0.137. The Hall–Kier alpha value is -2.81. The first-order valence-corrected chi connectivity index (χ1v) is 9.83. The number of carbonyl (C=O) groups is 1. The fourth-order valence-corrected chi connectivity index (χ4v) is 3.22. The molecule has 0 saturated heterocycles. The molecule has 0 aliphatic rings. The SMILES string of the molecule is Cc1cccc(NC(=O)CSCc2nc(-c3cccc(C(F)(F)F)c3)no2)c1C. The van der Waals surface area contributed by atoms with E-state index in [1.54, 1.807) is 0 Å². The van der Waals surface area contributed by atoms with Crippen LogP contribution in [0.4, 0.5) is 18.9 Å². The highest BCUT2D eigenvalue weighted by molar-refractivity contribution is 7.99. The molecule has 29 heavy (non-hydrogen) atoms. The first-order chi connectivity index (χ1) is 13.7. The Morgan fingerprint density at radius 2 is 1.93 bits per heavy atom. The van der Waals surface area contributed by atoms with Gasteiger partial charge in [0.25, 0.3) is 0 Å². The van der Waals surface area contributed by atoms with E-state index in [1.165, 1.54) is 23.9 Å². The van der Waals surface area contributed by atoms with Crippen molar-refractivity contribution >= 4 is 23.4 Å². The summed E-state index contributed by atoms with van der Waals surface area (Å²) in [7, 11) is 0. The maximum atomic E-state index is 12.8. The van der Waals surface area contributed by atoms with E-state index in [9.17, 15) is 18.0 Å². The van der Waals surface area contributed by atoms with Gasteiger partial charge in [-0.1, -0.05) is 29.4 Å². The fraction of sp³-hybridized carbons (Fsp3) is 0.250. The number of rotatable bonds is 6. The van der Waals surface area contributed by atoms with Gasteiger partial charge in [-0.25, -0.2) is 0 Å². The van der Waals surface area contributed by atoms with E-state index in [0.29, 0.717) is 0 Å². The van der Waals surface area contributed by atoms with Crippen molar-refractivity contribution in [3.63, 3.8) is 0 Å². The summed E-state index contributed by atoms with van der Waals surface area (Å²) < 4.78 is 43.6. The maximum absolute atomic E-state index is 12.8. The van der Waals surface area contributed by atoms with Gasteiger partial charge in [-0.3, -0.25) is 4.79 Å². The van der Waals surface area contributed by atoms with Crippen LogP contribution in [-0.2, 0) is 16.7 Å². The van der Waals surface area contributed by atoms with Crippen LogP contribution >= 0.6 is 11.8 Å². The molecule has 5 nitrogen and oxygen atoms in total. The van der Waals surface area contributed by atoms with Crippen LogP contribution in [0.1, 0.15) is 22.6 Å². The van der Waals surface area contributed by atoms with E-state index in [1.807, 2.05) is 32.0 Å². The van der Waals surface area contributed by atoms with Crippen molar-refractivity contribution in [3.8, 4) is 11.4 Å². The molecule has 0 spiro atoms. The minimum Gasteiger partial charge on any atom is -0.338 e. The van der Waals surface area contributed by atoms with E-state index in [0.717, 1.165) is 28.9 Å². The number of hydrogen-bond acceptors (Lipinski definition) is 5. The van der Waals surface area contributed by atoms with Gasteiger partial charge in [0.2, 0.25) is 17.6 Å². The first kappa shape index (κ1) is 20.9. The van der Waals surface area contributed by atoms with Crippen molar-refractivity contribution in [3.05, 3.63) is 65.0 Å². The summed E-state index contributed by atoms with van der Waals surface area (Å²) >= 11 is 1.27. The molecule has 9 heteroatoms. The largest absolute Gasteiger partial charge is 0.416 e. The fourth-order valence-electron chi connectivity index (χ4n) is 2.57. The Balaban J connectivity index is 1.56. The number of halogens is 3. The third-order valence-corrected chi connectivity index (χ3v) is 5.17. The molecule has 1 amide bonds. The van der Waals surface area contributed by atoms with Crippen LogP contribution in [-0.4, -0.2) is 21.8 Å². The summed E-state index contributed by atoms with van der Waals surface area (Å²) in [5.41, 5.74) is 2.29. The highest BCUT2D eigenvalue weighted by atomic mass is 32.2. The van der Waals surface area contributed by atoms with Gasteiger partial charge in [-0.05, 0) is 43.2 Å². The summed E-state index contributed by atoms with van der Waals surface area (Å²) in [6.45, 7) is 3.91. The van der Waals surface area contributed by atoms with Gasteiger partial charge in [-0.2, -0.15) is 18.2 Å². The normalized spacial score (nSPS) is 11.5. The predicted molar refractivity (Wildman–Crippen MR) is 105 cm³/mol. The van der Waals surface area contributed by atoms with Crippen LogP contribution in [0, 0.1) is 13.8 Å². The van der Waals surface area contributed by atoms with Crippen LogP contribution < -0.4 is 5.32 Å². The molecule has 1 aromatic heterocycles. The molecule has 0 aliphatic carbocycles. The third-order valence-electron chi connectivity index (χ3n) is 4.25. The number of aromatic nitrogens is 2. The Morgan fingerprint density at radius 3 is 2.69 bits per heavy atom. The smallest absolute Gasteiger partial charge is 0.338 e. The van der Waals surface area contributed by atoms with E-state index >= 15 is 0 Å². The Bertz CT molecular complexity index is 1020. The molecule has 3 aromatic rings. The lowest BCUT2D eigenvalue weighted by Gasteiger charge is -2.09. The lowest BCUT2D eigenvalue weighted by Crippen LogP contribution is -2.15. The van der Waals surface area contributed by atoms with Gasteiger partial charge in [0.15, 0.2) is 0 Å². The van der Waals surface area contributed by atoms with Crippen LogP contribution in [0.25, 0.3) is 11.4 Å². The maximum Gasteiger partial charge on any atom is 0.416 e. The van der Waals surface area contributed by atoms with Crippen molar-refractivity contribution in [1.29, 1.82) is 0 Å². The monoisotopic (exact) mass is 421 g/mol. The molecule has 0 unspecified atom stereocenters. The van der Waals surface area contributed by atoms with Crippen LogP contribution in [0.2, 0.25) is 0 Å². The Kier molecular flexibility index (Phi) is 6.26.